The maximum absolute atomic E-state index is 11.6. The zero-order valence-electron chi connectivity index (χ0n) is 11.4. The molecule has 1 rings (SSSR count). The number of aryl methyl sites for hydroxylation is 1. The van der Waals surface area contributed by atoms with Crippen LogP contribution in [-0.4, -0.2) is 11.9 Å². The summed E-state index contributed by atoms with van der Waals surface area (Å²) in [6.07, 6.45) is 2.59. The zero-order chi connectivity index (χ0) is 13.5. The minimum atomic E-state index is 0.160. The van der Waals surface area contributed by atoms with Crippen molar-refractivity contribution in [1.82, 2.24) is 5.32 Å². The number of benzene rings is 1. The molecule has 0 radical (unpaired) electrons. The molecule has 100 valence electrons. The van der Waals surface area contributed by atoms with Crippen molar-refractivity contribution in [2.75, 3.05) is 0 Å². The minimum absolute atomic E-state index is 0.160. The summed E-state index contributed by atoms with van der Waals surface area (Å²) in [6, 6.07) is 8.58. The van der Waals surface area contributed by atoms with Gasteiger partial charge >= 0.3 is 0 Å². The molecular weight excluding hydrogens is 290 g/mol. The molecule has 18 heavy (non-hydrogen) atoms. The summed E-state index contributed by atoms with van der Waals surface area (Å²) in [4.78, 5) is 11.6. The third-order valence-corrected chi connectivity index (χ3v) is 3.31. The van der Waals surface area contributed by atoms with Gasteiger partial charge in [0.15, 0.2) is 0 Å². The fourth-order valence-electron chi connectivity index (χ4n) is 1.81. The Morgan fingerprint density at radius 3 is 2.39 bits per heavy atom. The molecule has 0 aliphatic carbocycles. The van der Waals surface area contributed by atoms with E-state index in [-0.39, 0.29) is 11.9 Å². The first-order chi connectivity index (χ1) is 8.47. The number of nitrogens with one attached hydrogen (secondary N) is 1. The van der Waals surface area contributed by atoms with Crippen LogP contribution in [0.1, 0.15) is 39.2 Å². The van der Waals surface area contributed by atoms with Crippen molar-refractivity contribution in [3.63, 3.8) is 0 Å². The Labute approximate surface area is 118 Å². The first kappa shape index (κ1) is 15.2. The molecule has 0 aromatic heterocycles. The molecule has 0 fully saturated rings. The molecular formula is C15H22BrNO. The third kappa shape index (κ3) is 6.20. The molecule has 0 aliphatic rings. The van der Waals surface area contributed by atoms with Gasteiger partial charge in [-0.3, -0.25) is 4.79 Å². The molecule has 3 heteroatoms. The van der Waals surface area contributed by atoms with E-state index in [4.69, 9.17) is 0 Å². The Morgan fingerprint density at radius 1 is 1.22 bits per heavy atom. The second-order valence-electron chi connectivity index (χ2n) is 5.23. The summed E-state index contributed by atoms with van der Waals surface area (Å²) < 4.78 is 1.10. The average Bonchev–Trinajstić information content (AvgIpc) is 2.27. The smallest absolute Gasteiger partial charge is 0.220 e. The van der Waals surface area contributed by atoms with E-state index in [1.165, 1.54) is 5.56 Å². The molecule has 0 aliphatic heterocycles. The lowest BCUT2D eigenvalue weighted by atomic mass is 10.1. The number of amides is 1. The van der Waals surface area contributed by atoms with E-state index in [1.54, 1.807) is 0 Å². The average molecular weight is 312 g/mol. The highest BCUT2D eigenvalue weighted by atomic mass is 79.9. The molecule has 2 nitrogen and oxygen atoms in total. The molecule has 1 atom stereocenters. The van der Waals surface area contributed by atoms with Gasteiger partial charge in [-0.1, -0.05) is 41.9 Å². The highest BCUT2D eigenvalue weighted by Crippen LogP contribution is 2.12. The van der Waals surface area contributed by atoms with Gasteiger partial charge in [-0.05, 0) is 43.4 Å². The molecule has 0 saturated carbocycles. The van der Waals surface area contributed by atoms with E-state index < -0.39 is 0 Å². The number of hydrogen-bond acceptors (Lipinski definition) is 1. The van der Waals surface area contributed by atoms with Crippen LogP contribution in [0.2, 0.25) is 0 Å². The predicted octanol–water partition coefficient (Wildman–Crippen LogP) is 3.93. The highest BCUT2D eigenvalue weighted by Gasteiger charge is 2.09. The van der Waals surface area contributed by atoms with Crippen LogP contribution in [0.25, 0.3) is 0 Å². The van der Waals surface area contributed by atoms with E-state index >= 15 is 0 Å². The van der Waals surface area contributed by atoms with Crippen LogP contribution in [0.4, 0.5) is 0 Å². The van der Waals surface area contributed by atoms with Crippen LogP contribution in [0, 0.1) is 5.92 Å². The first-order valence-corrected chi connectivity index (χ1v) is 7.30. The van der Waals surface area contributed by atoms with Gasteiger partial charge in [0.2, 0.25) is 5.91 Å². The van der Waals surface area contributed by atoms with Crippen molar-refractivity contribution in [2.24, 2.45) is 5.92 Å². The molecule has 1 unspecified atom stereocenters. The zero-order valence-corrected chi connectivity index (χ0v) is 13.0. The highest BCUT2D eigenvalue weighted by molar-refractivity contribution is 9.10. The molecule has 1 aromatic rings. The van der Waals surface area contributed by atoms with Crippen LogP contribution in [0.5, 0.6) is 0 Å². The lowest BCUT2D eigenvalue weighted by Crippen LogP contribution is -2.33. The van der Waals surface area contributed by atoms with Crippen molar-refractivity contribution in [2.45, 2.75) is 46.1 Å². The van der Waals surface area contributed by atoms with Crippen LogP contribution in [0.3, 0.4) is 0 Å². The molecule has 0 heterocycles. The Kier molecular flexibility index (Phi) is 6.41. The monoisotopic (exact) mass is 311 g/mol. The Balaban J connectivity index is 2.30. The van der Waals surface area contributed by atoms with Crippen molar-refractivity contribution < 1.29 is 4.79 Å². The Hall–Kier alpha value is -0.830. The van der Waals surface area contributed by atoms with E-state index in [1.807, 2.05) is 0 Å². The number of carbonyl (C=O) groups excluding carboxylic acids is 1. The van der Waals surface area contributed by atoms with Crippen molar-refractivity contribution in [3.8, 4) is 0 Å². The third-order valence-electron chi connectivity index (χ3n) is 2.78. The van der Waals surface area contributed by atoms with Gasteiger partial charge in [-0.15, -0.1) is 0 Å². The van der Waals surface area contributed by atoms with Crippen LogP contribution >= 0.6 is 15.9 Å². The lowest BCUT2D eigenvalue weighted by Gasteiger charge is -2.14. The van der Waals surface area contributed by atoms with Crippen molar-refractivity contribution in [3.05, 3.63) is 34.3 Å². The van der Waals surface area contributed by atoms with Crippen molar-refractivity contribution >= 4 is 21.8 Å². The topological polar surface area (TPSA) is 29.1 Å². The minimum Gasteiger partial charge on any atom is -0.354 e. The van der Waals surface area contributed by atoms with Crippen molar-refractivity contribution in [1.29, 1.82) is 0 Å². The normalized spacial score (nSPS) is 12.5. The maximum Gasteiger partial charge on any atom is 0.220 e. The molecule has 1 aromatic carbocycles. The van der Waals surface area contributed by atoms with E-state index in [2.05, 4.69) is 66.3 Å². The van der Waals surface area contributed by atoms with Gasteiger partial charge in [0.1, 0.15) is 0 Å². The summed E-state index contributed by atoms with van der Waals surface area (Å²) in [5, 5.41) is 3.04. The largest absolute Gasteiger partial charge is 0.354 e. The van der Waals surface area contributed by atoms with Crippen LogP contribution in [-0.2, 0) is 11.2 Å². The molecule has 0 bridgehead atoms. The second kappa shape index (κ2) is 7.57. The summed E-state index contributed by atoms with van der Waals surface area (Å²) in [7, 11) is 0. The van der Waals surface area contributed by atoms with Gasteiger partial charge in [0.25, 0.3) is 0 Å². The molecule has 1 amide bonds. The summed E-state index contributed by atoms with van der Waals surface area (Å²) in [5.41, 5.74) is 1.31. The van der Waals surface area contributed by atoms with Crippen LogP contribution in [0.15, 0.2) is 28.7 Å². The fourth-order valence-corrected chi connectivity index (χ4v) is 2.08. The summed E-state index contributed by atoms with van der Waals surface area (Å²) in [5.74, 6) is 0.581. The standard InChI is InChI=1S/C15H22BrNO/c1-11(2)10-15(18)17-12(3)4-5-13-6-8-14(16)9-7-13/h6-9,11-12H,4-5,10H2,1-3H3,(H,17,18). The summed E-state index contributed by atoms with van der Waals surface area (Å²) in [6.45, 7) is 6.19. The van der Waals surface area contributed by atoms with Gasteiger partial charge in [0, 0.05) is 16.9 Å². The van der Waals surface area contributed by atoms with Gasteiger partial charge in [0.05, 0.1) is 0 Å². The molecule has 0 saturated heterocycles. The lowest BCUT2D eigenvalue weighted by molar-refractivity contribution is -0.122. The predicted molar refractivity (Wildman–Crippen MR) is 79.5 cm³/mol. The van der Waals surface area contributed by atoms with E-state index in [0.29, 0.717) is 12.3 Å². The van der Waals surface area contributed by atoms with Gasteiger partial charge in [-0.25, -0.2) is 0 Å². The fraction of sp³-hybridized carbons (Fsp3) is 0.533. The Bertz CT molecular complexity index is 373. The van der Waals surface area contributed by atoms with Crippen LogP contribution < -0.4 is 5.32 Å². The Morgan fingerprint density at radius 2 is 1.83 bits per heavy atom. The molecule has 0 spiro atoms. The number of carbonyl (C=O) groups is 1. The molecule has 1 N–H and O–H groups in total. The SMILES string of the molecule is CC(C)CC(=O)NC(C)CCc1ccc(Br)cc1. The quantitative estimate of drug-likeness (QED) is 0.847. The van der Waals surface area contributed by atoms with E-state index in [9.17, 15) is 4.79 Å². The second-order valence-corrected chi connectivity index (χ2v) is 6.15. The first-order valence-electron chi connectivity index (χ1n) is 6.51. The summed E-state index contributed by atoms with van der Waals surface area (Å²) >= 11 is 3.42. The van der Waals surface area contributed by atoms with Gasteiger partial charge in [-0.2, -0.15) is 0 Å². The van der Waals surface area contributed by atoms with Gasteiger partial charge < -0.3 is 5.32 Å². The number of hydrogen-bond donors (Lipinski definition) is 1. The number of rotatable bonds is 6. The maximum atomic E-state index is 11.6. The van der Waals surface area contributed by atoms with E-state index in [0.717, 1.165) is 17.3 Å². The number of halogens is 1.